The molecule has 1 saturated carbocycles. The molecule has 1 aromatic heterocycles. The molecule has 2 N–H and O–H groups in total. The van der Waals surface area contributed by atoms with Crippen LogP contribution >= 0.6 is 0 Å². The molecule has 1 amide bonds. The maximum atomic E-state index is 13.0. The minimum Gasteiger partial charge on any atom is -0.478 e. The van der Waals surface area contributed by atoms with E-state index in [1.54, 1.807) is 12.1 Å². The predicted molar refractivity (Wildman–Crippen MR) is 169 cm³/mol. The number of aromatic nitrogens is 2. The number of rotatable bonds is 9. The third-order valence-corrected chi connectivity index (χ3v) is 8.29. The molecule has 248 valence electrons. The number of halogens is 3. The van der Waals surface area contributed by atoms with Crippen molar-refractivity contribution in [2.24, 2.45) is 16.8 Å². The lowest BCUT2D eigenvalue weighted by molar-refractivity contribution is -0.192. The second-order valence-corrected chi connectivity index (χ2v) is 11.5. The molecule has 2 aliphatic carbocycles. The number of carbonyl (C=O) groups is 4. The molecular weight excluding hydrogens is 615 g/mol. The summed E-state index contributed by atoms with van der Waals surface area (Å²) in [4.78, 5) is 54.6. The fourth-order valence-corrected chi connectivity index (χ4v) is 5.82. The number of benzene rings is 2. The first-order chi connectivity index (χ1) is 22.4. The summed E-state index contributed by atoms with van der Waals surface area (Å²) in [6.07, 6.45) is 6.56. The Morgan fingerprint density at radius 1 is 1.02 bits per heavy atom. The number of unbranched alkanes of at least 4 members (excludes halogenated alkanes) is 1. The highest BCUT2D eigenvalue weighted by molar-refractivity contribution is 6.07. The number of amides is 1. The lowest BCUT2D eigenvalue weighted by Crippen LogP contribution is -2.28. The highest BCUT2D eigenvalue weighted by Crippen LogP contribution is 2.31. The van der Waals surface area contributed by atoms with E-state index in [1.807, 2.05) is 48.6 Å². The molecule has 1 fully saturated rings. The standard InChI is InChI=1S/C33H35N3O4.C2HF3O2/c1-2-3-12-31-35-29-18-17-25(34-32(38)27-10-5-4-8-24(27)21-37)19-30(29)36(31)20-22-13-15-23(16-14-22)26-9-6-7-11-28(26)33(39)40;3-2(4,5)1(6)7/h6-7,9,11,13-18,21,24,27H,2-5,8,10,12,19-20H2,1H3,(H,39,40);(H,6,7)/t24-,27-;/m1./s1. The number of aliphatic imine (C=N–C) groups is 1. The Hall–Kier alpha value is -4.87. The van der Waals surface area contributed by atoms with Gasteiger partial charge in [0.1, 0.15) is 12.1 Å². The monoisotopic (exact) mass is 651 g/mol. The quantitative estimate of drug-likeness (QED) is 0.242. The van der Waals surface area contributed by atoms with E-state index in [0.717, 1.165) is 79.6 Å². The molecule has 2 aliphatic rings. The molecule has 1 heterocycles. The van der Waals surface area contributed by atoms with Crippen LogP contribution in [-0.2, 0) is 33.8 Å². The predicted octanol–water partition coefficient (Wildman–Crippen LogP) is 6.81. The fourth-order valence-electron chi connectivity index (χ4n) is 5.82. The minimum absolute atomic E-state index is 0.186. The molecule has 2 atom stereocenters. The number of aryl methyl sites for hydroxylation is 1. The number of hydrogen-bond acceptors (Lipinski definition) is 5. The summed E-state index contributed by atoms with van der Waals surface area (Å²) < 4.78 is 34.0. The maximum absolute atomic E-state index is 13.0. The average Bonchev–Trinajstić information content (AvgIpc) is 3.39. The summed E-state index contributed by atoms with van der Waals surface area (Å²) in [6.45, 7) is 2.78. The molecule has 0 aliphatic heterocycles. The first-order valence-corrected chi connectivity index (χ1v) is 15.5. The molecular formula is C35H36F3N3O6. The molecule has 9 nitrogen and oxygen atoms in total. The van der Waals surface area contributed by atoms with Gasteiger partial charge in [0, 0.05) is 31.2 Å². The van der Waals surface area contributed by atoms with Crippen LogP contribution in [0.15, 0.2) is 59.6 Å². The smallest absolute Gasteiger partial charge is 0.478 e. The van der Waals surface area contributed by atoms with Crippen LogP contribution in [-0.4, -0.2) is 55.8 Å². The number of aliphatic carboxylic acids is 1. The van der Waals surface area contributed by atoms with Crippen LogP contribution < -0.4 is 0 Å². The number of alkyl halides is 3. The first kappa shape index (κ1) is 35.0. The number of hydrogen-bond donors (Lipinski definition) is 2. The number of aldehydes is 1. The zero-order chi connectivity index (χ0) is 34.1. The van der Waals surface area contributed by atoms with Crippen molar-refractivity contribution in [1.82, 2.24) is 9.55 Å². The zero-order valence-corrected chi connectivity index (χ0v) is 25.9. The lowest BCUT2D eigenvalue weighted by atomic mass is 9.79. The van der Waals surface area contributed by atoms with Crippen molar-refractivity contribution in [2.75, 3.05) is 0 Å². The van der Waals surface area contributed by atoms with Crippen LogP contribution in [0, 0.1) is 11.8 Å². The number of carboxylic acid groups (broad SMARTS) is 2. The van der Waals surface area contributed by atoms with E-state index in [9.17, 15) is 32.7 Å². The topological polar surface area (TPSA) is 139 Å². The van der Waals surface area contributed by atoms with Gasteiger partial charge in [0.2, 0.25) is 5.91 Å². The van der Waals surface area contributed by atoms with Crippen LogP contribution in [0.3, 0.4) is 0 Å². The highest BCUT2D eigenvalue weighted by atomic mass is 19.4. The van der Waals surface area contributed by atoms with Gasteiger partial charge in [-0.1, -0.05) is 68.7 Å². The number of aromatic carboxylic acids is 1. The van der Waals surface area contributed by atoms with Gasteiger partial charge in [-0.25, -0.2) is 19.6 Å². The van der Waals surface area contributed by atoms with Gasteiger partial charge in [0.05, 0.1) is 22.7 Å². The molecule has 3 aromatic rings. The highest BCUT2D eigenvalue weighted by Gasteiger charge is 2.38. The molecule has 0 spiro atoms. The summed E-state index contributed by atoms with van der Waals surface area (Å²) >= 11 is 0. The lowest BCUT2D eigenvalue weighted by Gasteiger charge is -2.25. The van der Waals surface area contributed by atoms with E-state index in [1.165, 1.54) is 0 Å². The Labute approximate surface area is 269 Å². The van der Waals surface area contributed by atoms with Crippen molar-refractivity contribution in [3.63, 3.8) is 0 Å². The van der Waals surface area contributed by atoms with Crippen LogP contribution in [0.5, 0.6) is 0 Å². The second-order valence-electron chi connectivity index (χ2n) is 11.5. The van der Waals surface area contributed by atoms with Gasteiger partial charge >= 0.3 is 18.1 Å². The van der Waals surface area contributed by atoms with Crippen molar-refractivity contribution in [2.45, 2.75) is 71.0 Å². The van der Waals surface area contributed by atoms with Gasteiger partial charge < -0.3 is 19.6 Å². The van der Waals surface area contributed by atoms with Gasteiger partial charge in [0.25, 0.3) is 0 Å². The molecule has 5 rings (SSSR count). The van der Waals surface area contributed by atoms with E-state index in [-0.39, 0.29) is 23.3 Å². The van der Waals surface area contributed by atoms with E-state index in [0.29, 0.717) is 24.2 Å². The van der Waals surface area contributed by atoms with Crippen LogP contribution in [0.2, 0.25) is 0 Å². The van der Waals surface area contributed by atoms with Gasteiger partial charge in [-0.3, -0.25) is 4.79 Å². The Morgan fingerprint density at radius 3 is 2.34 bits per heavy atom. The molecule has 0 bridgehead atoms. The third kappa shape index (κ3) is 8.90. The number of carbonyl (C=O) groups excluding carboxylic acids is 2. The Kier molecular flexibility index (Phi) is 11.6. The van der Waals surface area contributed by atoms with Crippen LogP contribution in [0.4, 0.5) is 13.2 Å². The zero-order valence-electron chi connectivity index (χ0n) is 25.9. The van der Waals surface area contributed by atoms with E-state index < -0.39 is 18.1 Å². The van der Waals surface area contributed by atoms with E-state index in [2.05, 4.69) is 16.5 Å². The van der Waals surface area contributed by atoms with E-state index >= 15 is 0 Å². The average molecular weight is 652 g/mol. The molecule has 0 unspecified atom stereocenters. The van der Waals surface area contributed by atoms with Crippen LogP contribution in [0.25, 0.3) is 17.2 Å². The molecule has 0 radical (unpaired) electrons. The molecule has 2 aromatic carbocycles. The molecule has 47 heavy (non-hydrogen) atoms. The van der Waals surface area contributed by atoms with Crippen molar-refractivity contribution in [3.05, 3.63) is 82.9 Å². The largest absolute Gasteiger partial charge is 0.490 e. The molecule has 0 saturated heterocycles. The molecule has 12 heteroatoms. The third-order valence-electron chi connectivity index (χ3n) is 8.29. The fraction of sp³-hybridized carbons (Fsp3) is 0.371. The van der Waals surface area contributed by atoms with E-state index in [4.69, 9.17) is 14.9 Å². The maximum Gasteiger partial charge on any atom is 0.490 e. The number of imidazole rings is 1. The number of allylic oxidation sites excluding steroid dienone is 1. The Bertz CT molecular complexity index is 1670. The van der Waals surface area contributed by atoms with Crippen LogP contribution in [0.1, 0.15) is 78.6 Å². The summed E-state index contributed by atoms with van der Waals surface area (Å²) in [7, 11) is 0. The van der Waals surface area contributed by atoms with Crippen molar-refractivity contribution < 1.29 is 42.6 Å². The summed E-state index contributed by atoms with van der Waals surface area (Å²) in [6, 6.07) is 15.0. The summed E-state index contributed by atoms with van der Waals surface area (Å²) in [5.74, 6) is -3.42. The Balaban J connectivity index is 0.000000644. The normalized spacial score (nSPS) is 18.2. The summed E-state index contributed by atoms with van der Waals surface area (Å²) in [5, 5.41) is 16.7. The minimum atomic E-state index is -5.08. The SMILES string of the molecule is CCCCc1nc2c(n1Cc1ccc(-c3ccccc3C(=O)O)cc1)CC(=NC(=O)[C@@H]1CCCC[C@@H]1C=O)C=C2.O=C(O)C(F)(F)F. The number of fused-ring (bicyclic) bond motifs is 1. The van der Waals surface area contributed by atoms with Gasteiger partial charge in [-0.2, -0.15) is 13.2 Å². The van der Waals surface area contributed by atoms with Gasteiger partial charge in [-0.15, -0.1) is 0 Å². The van der Waals surface area contributed by atoms with Gasteiger partial charge in [0.15, 0.2) is 0 Å². The number of nitrogens with zero attached hydrogens (tertiary/aromatic N) is 3. The second kappa shape index (κ2) is 15.6. The van der Waals surface area contributed by atoms with Crippen molar-refractivity contribution >= 4 is 35.9 Å². The number of carboxylic acids is 2. The van der Waals surface area contributed by atoms with Crippen molar-refractivity contribution in [1.29, 1.82) is 0 Å². The Morgan fingerprint density at radius 2 is 1.70 bits per heavy atom. The first-order valence-electron chi connectivity index (χ1n) is 15.5. The van der Waals surface area contributed by atoms with Gasteiger partial charge in [-0.05, 0) is 54.2 Å². The summed E-state index contributed by atoms with van der Waals surface area (Å²) in [5.41, 5.74) is 5.56. The van der Waals surface area contributed by atoms with Crippen molar-refractivity contribution in [3.8, 4) is 11.1 Å².